The van der Waals surface area contributed by atoms with Gasteiger partial charge in [0.1, 0.15) is 11.4 Å². The van der Waals surface area contributed by atoms with Crippen LogP contribution in [0.1, 0.15) is 27.8 Å². The lowest BCUT2D eigenvalue weighted by Gasteiger charge is -2.18. The third-order valence-electron chi connectivity index (χ3n) is 5.84. The number of hydrogen-bond acceptors (Lipinski definition) is 4. The van der Waals surface area contributed by atoms with E-state index < -0.39 is 0 Å². The Kier molecular flexibility index (Phi) is 5.57. The van der Waals surface area contributed by atoms with E-state index in [-0.39, 0.29) is 17.5 Å². The summed E-state index contributed by atoms with van der Waals surface area (Å²) in [7, 11) is 1.56. The number of para-hydroxylation sites is 1. The van der Waals surface area contributed by atoms with Gasteiger partial charge < -0.3 is 10.1 Å². The van der Waals surface area contributed by atoms with Gasteiger partial charge >= 0.3 is 0 Å². The van der Waals surface area contributed by atoms with E-state index in [4.69, 9.17) is 4.74 Å². The van der Waals surface area contributed by atoms with Gasteiger partial charge in [-0.05, 0) is 74.2 Å². The molecule has 0 spiro atoms. The number of carbonyl (C=O) groups excluding carboxylic acids is 2. The van der Waals surface area contributed by atoms with Crippen LogP contribution in [-0.4, -0.2) is 18.9 Å². The Morgan fingerprint density at radius 2 is 1.50 bits per heavy atom. The molecule has 0 saturated heterocycles. The van der Waals surface area contributed by atoms with Crippen LogP contribution in [0.3, 0.4) is 0 Å². The molecule has 32 heavy (non-hydrogen) atoms. The number of benzene rings is 3. The first-order valence-corrected chi connectivity index (χ1v) is 10.5. The maximum atomic E-state index is 13.7. The smallest absolute Gasteiger partial charge is 0.282 e. The summed E-state index contributed by atoms with van der Waals surface area (Å²) in [6, 6.07) is 18.9. The molecular weight excluding hydrogens is 400 g/mol. The monoisotopic (exact) mass is 426 g/mol. The first-order chi connectivity index (χ1) is 15.3. The fraction of sp³-hybridized carbons (Fsp3) is 0.185. The SMILES string of the molecule is COc1ccccc1C1=C(Nc2ccc(C)c(C)c2)C(=O)N(c2cc(C)ccc2C)C1=O. The van der Waals surface area contributed by atoms with Gasteiger partial charge in [0.25, 0.3) is 11.8 Å². The third kappa shape index (κ3) is 3.66. The molecule has 162 valence electrons. The number of hydrogen-bond donors (Lipinski definition) is 1. The first kappa shape index (κ1) is 21.4. The van der Waals surface area contributed by atoms with Crippen LogP contribution >= 0.6 is 0 Å². The molecule has 1 aliphatic rings. The molecule has 0 aliphatic carbocycles. The lowest BCUT2D eigenvalue weighted by molar-refractivity contribution is -0.120. The van der Waals surface area contributed by atoms with Crippen molar-refractivity contribution in [1.82, 2.24) is 0 Å². The molecule has 0 unspecified atom stereocenters. The van der Waals surface area contributed by atoms with Crippen molar-refractivity contribution < 1.29 is 14.3 Å². The Morgan fingerprint density at radius 3 is 2.22 bits per heavy atom. The predicted molar refractivity (Wildman–Crippen MR) is 128 cm³/mol. The Morgan fingerprint density at radius 1 is 0.781 bits per heavy atom. The highest BCUT2D eigenvalue weighted by Crippen LogP contribution is 2.38. The van der Waals surface area contributed by atoms with Gasteiger partial charge in [-0.3, -0.25) is 9.59 Å². The largest absolute Gasteiger partial charge is 0.496 e. The molecule has 5 heteroatoms. The summed E-state index contributed by atoms with van der Waals surface area (Å²) in [5, 5.41) is 3.23. The minimum absolute atomic E-state index is 0.239. The summed E-state index contributed by atoms with van der Waals surface area (Å²) in [5.41, 5.74) is 6.52. The van der Waals surface area contributed by atoms with Crippen LogP contribution in [0, 0.1) is 27.7 Å². The molecule has 5 nitrogen and oxygen atoms in total. The second-order valence-corrected chi connectivity index (χ2v) is 8.11. The number of aryl methyl sites for hydroxylation is 4. The molecule has 3 aromatic rings. The number of amides is 2. The summed E-state index contributed by atoms with van der Waals surface area (Å²) >= 11 is 0. The molecule has 1 N–H and O–H groups in total. The molecule has 0 aromatic heterocycles. The van der Waals surface area contributed by atoms with Gasteiger partial charge in [-0.1, -0.05) is 36.4 Å². The van der Waals surface area contributed by atoms with Gasteiger partial charge in [0.15, 0.2) is 0 Å². The van der Waals surface area contributed by atoms with Crippen LogP contribution in [0.25, 0.3) is 5.57 Å². The first-order valence-electron chi connectivity index (χ1n) is 10.5. The van der Waals surface area contributed by atoms with E-state index in [0.29, 0.717) is 22.6 Å². The maximum Gasteiger partial charge on any atom is 0.282 e. The third-order valence-corrected chi connectivity index (χ3v) is 5.84. The van der Waals surface area contributed by atoms with Crippen LogP contribution in [0.2, 0.25) is 0 Å². The average molecular weight is 427 g/mol. The van der Waals surface area contributed by atoms with E-state index >= 15 is 0 Å². The molecule has 0 atom stereocenters. The van der Waals surface area contributed by atoms with E-state index in [1.54, 1.807) is 19.2 Å². The minimum Gasteiger partial charge on any atom is -0.496 e. The van der Waals surface area contributed by atoms with Crippen molar-refractivity contribution in [3.05, 3.63) is 94.2 Å². The van der Waals surface area contributed by atoms with Crippen LogP contribution in [-0.2, 0) is 9.59 Å². The second kappa shape index (κ2) is 8.35. The number of anilines is 2. The number of methoxy groups -OCH3 is 1. The zero-order valence-corrected chi connectivity index (χ0v) is 18.9. The van der Waals surface area contributed by atoms with E-state index in [2.05, 4.69) is 5.32 Å². The highest BCUT2D eigenvalue weighted by Gasteiger charge is 2.41. The van der Waals surface area contributed by atoms with Crippen LogP contribution < -0.4 is 15.0 Å². The highest BCUT2D eigenvalue weighted by atomic mass is 16.5. The Hall–Kier alpha value is -3.86. The number of nitrogens with one attached hydrogen (secondary N) is 1. The summed E-state index contributed by atoms with van der Waals surface area (Å²) in [6.07, 6.45) is 0. The standard InChI is InChI=1S/C27H26N2O3/c1-16-10-11-18(3)22(14-16)29-26(30)24(21-8-6-7-9-23(21)32-5)25(27(29)31)28-20-13-12-17(2)19(4)15-20/h6-15,28H,1-5H3. The summed E-state index contributed by atoms with van der Waals surface area (Å²) < 4.78 is 5.51. The minimum atomic E-state index is -0.386. The Bertz CT molecular complexity index is 1270. The topological polar surface area (TPSA) is 58.6 Å². The lowest BCUT2D eigenvalue weighted by Crippen LogP contribution is -2.33. The average Bonchev–Trinajstić information content (AvgIpc) is 3.01. The van der Waals surface area contributed by atoms with Crippen molar-refractivity contribution in [1.29, 1.82) is 0 Å². The zero-order chi connectivity index (χ0) is 23.0. The van der Waals surface area contributed by atoms with Crippen LogP contribution in [0.4, 0.5) is 11.4 Å². The van der Waals surface area contributed by atoms with E-state index in [1.807, 2.05) is 76.2 Å². The van der Waals surface area contributed by atoms with E-state index in [9.17, 15) is 9.59 Å². The van der Waals surface area contributed by atoms with Crippen molar-refractivity contribution >= 4 is 28.8 Å². The van der Waals surface area contributed by atoms with Crippen LogP contribution in [0.15, 0.2) is 66.4 Å². The Balaban J connectivity index is 1.89. The van der Waals surface area contributed by atoms with E-state index in [1.165, 1.54) is 4.90 Å². The van der Waals surface area contributed by atoms with Gasteiger partial charge in [0, 0.05) is 11.3 Å². The van der Waals surface area contributed by atoms with Gasteiger partial charge in [0.05, 0.1) is 18.4 Å². The summed E-state index contributed by atoms with van der Waals surface area (Å²) in [4.78, 5) is 28.6. The highest BCUT2D eigenvalue weighted by molar-refractivity contribution is 6.46. The number of nitrogens with zero attached hydrogens (tertiary/aromatic N) is 1. The molecule has 2 amide bonds. The zero-order valence-electron chi connectivity index (χ0n) is 18.9. The van der Waals surface area contributed by atoms with Gasteiger partial charge in [-0.15, -0.1) is 0 Å². The molecule has 3 aromatic carbocycles. The number of carbonyl (C=O) groups is 2. The summed E-state index contributed by atoms with van der Waals surface area (Å²) in [5.74, 6) is -0.229. The van der Waals surface area contributed by atoms with Gasteiger partial charge in [-0.25, -0.2) is 4.90 Å². The second-order valence-electron chi connectivity index (χ2n) is 8.11. The quantitative estimate of drug-likeness (QED) is 0.561. The van der Waals surface area contributed by atoms with Gasteiger partial charge in [-0.2, -0.15) is 0 Å². The maximum absolute atomic E-state index is 13.7. The van der Waals surface area contributed by atoms with Crippen LogP contribution in [0.5, 0.6) is 5.75 Å². The van der Waals surface area contributed by atoms with Crippen molar-refractivity contribution in [2.24, 2.45) is 0 Å². The van der Waals surface area contributed by atoms with Crippen molar-refractivity contribution in [2.75, 3.05) is 17.3 Å². The predicted octanol–water partition coefficient (Wildman–Crippen LogP) is 5.33. The van der Waals surface area contributed by atoms with Crippen molar-refractivity contribution in [3.8, 4) is 5.75 Å². The molecule has 1 heterocycles. The van der Waals surface area contributed by atoms with Crippen molar-refractivity contribution in [3.63, 3.8) is 0 Å². The lowest BCUT2D eigenvalue weighted by atomic mass is 10.0. The van der Waals surface area contributed by atoms with Gasteiger partial charge in [0.2, 0.25) is 0 Å². The normalized spacial score (nSPS) is 13.7. The molecular formula is C27H26N2O3. The molecule has 0 radical (unpaired) electrons. The Labute approximate surface area is 188 Å². The fourth-order valence-corrected chi connectivity index (χ4v) is 3.89. The molecule has 0 fully saturated rings. The molecule has 4 rings (SSSR count). The number of imide groups is 1. The number of ether oxygens (including phenoxy) is 1. The van der Waals surface area contributed by atoms with Crippen molar-refractivity contribution in [2.45, 2.75) is 27.7 Å². The van der Waals surface area contributed by atoms with E-state index in [0.717, 1.165) is 27.9 Å². The summed E-state index contributed by atoms with van der Waals surface area (Å²) in [6.45, 7) is 7.88. The number of rotatable bonds is 5. The molecule has 0 bridgehead atoms. The molecule has 0 saturated carbocycles. The molecule has 1 aliphatic heterocycles. The fourth-order valence-electron chi connectivity index (χ4n) is 3.89.